The van der Waals surface area contributed by atoms with Crippen LogP contribution in [-0.4, -0.2) is 63.8 Å². The molecular formula is C31H35FN6O4S. The molecule has 0 saturated carbocycles. The van der Waals surface area contributed by atoms with Gasteiger partial charge in [0.05, 0.1) is 24.6 Å². The molecule has 0 aliphatic carbocycles. The number of nitrogens with zero attached hydrogens (tertiary/aromatic N) is 6. The van der Waals surface area contributed by atoms with E-state index in [0.717, 1.165) is 17.4 Å². The van der Waals surface area contributed by atoms with E-state index in [1.807, 2.05) is 39.0 Å². The predicted molar refractivity (Wildman–Crippen MR) is 161 cm³/mol. The summed E-state index contributed by atoms with van der Waals surface area (Å²) >= 11 is 0. The highest BCUT2D eigenvalue weighted by atomic mass is 32.2. The van der Waals surface area contributed by atoms with Gasteiger partial charge in [-0.1, -0.05) is 23.4 Å². The number of benzene rings is 2. The van der Waals surface area contributed by atoms with Gasteiger partial charge < -0.3 is 9.64 Å². The number of aromatic nitrogens is 4. The van der Waals surface area contributed by atoms with Crippen molar-refractivity contribution in [1.29, 1.82) is 5.26 Å². The molecule has 12 heteroatoms. The molecular weight excluding hydrogens is 571 g/mol. The monoisotopic (exact) mass is 606 g/mol. The molecule has 2 aromatic heterocycles. The van der Waals surface area contributed by atoms with Gasteiger partial charge in [0.25, 0.3) is 0 Å². The van der Waals surface area contributed by atoms with Gasteiger partial charge in [-0.2, -0.15) is 5.26 Å². The van der Waals surface area contributed by atoms with Crippen LogP contribution in [0.25, 0.3) is 33.1 Å². The molecule has 226 valence electrons. The van der Waals surface area contributed by atoms with Crippen molar-refractivity contribution in [2.24, 2.45) is 0 Å². The highest BCUT2D eigenvalue weighted by Crippen LogP contribution is 2.40. The second-order valence-electron chi connectivity index (χ2n) is 12.3. The maximum Gasteiger partial charge on any atom is 0.410 e. The zero-order valence-corrected chi connectivity index (χ0v) is 26.2. The topological polar surface area (TPSA) is 131 Å². The molecule has 0 unspecified atom stereocenters. The van der Waals surface area contributed by atoms with Gasteiger partial charge in [-0.15, -0.1) is 5.10 Å². The van der Waals surface area contributed by atoms with E-state index in [1.165, 1.54) is 0 Å². The Morgan fingerprint density at radius 3 is 2.56 bits per heavy atom. The van der Waals surface area contributed by atoms with Crippen molar-refractivity contribution in [3.8, 4) is 17.2 Å². The molecule has 0 bridgehead atoms. The number of halogens is 1. The van der Waals surface area contributed by atoms with E-state index >= 15 is 4.39 Å². The lowest BCUT2D eigenvalue weighted by atomic mass is 9.92. The van der Waals surface area contributed by atoms with Crippen LogP contribution in [0.5, 0.6) is 0 Å². The van der Waals surface area contributed by atoms with Gasteiger partial charge in [0.15, 0.2) is 26.2 Å². The van der Waals surface area contributed by atoms with Crippen LogP contribution < -0.4 is 0 Å². The average Bonchev–Trinajstić information content (AvgIpc) is 3.35. The van der Waals surface area contributed by atoms with Gasteiger partial charge in [0, 0.05) is 23.8 Å². The highest BCUT2D eigenvalue weighted by molar-refractivity contribution is 7.90. The molecule has 43 heavy (non-hydrogen) atoms. The number of hydrogen-bond acceptors (Lipinski definition) is 8. The van der Waals surface area contributed by atoms with Gasteiger partial charge in [-0.25, -0.2) is 27.3 Å². The van der Waals surface area contributed by atoms with Crippen LogP contribution in [0.4, 0.5) is 9.18 Å². The molecule has 1 aliphatic heterocycles. The number of carbonyl (C=O) groups excluding carboxylic acids is 1. The van der Waals surface area contributed by atoms with Crippen molar-refractivity contribution < 1.29 is 22.3 Å². The fourth-order valence-corrected chi connectivity index (χ4v) is 6.62. The molecule has 1 aliphatic rings. The van der Waals surface area contributed by atoms with Crippen LogP contribution >= 0.6 is 0 Å². The summed E-state index contributed by atoms with van der Waals surface area (Å²) in [6.07, 6.45) is 1.39. The molecule has 0 N–H and O–H groups in total. The normalized spacial score (nSPS) is 17.8. The van der Waals surface area contributed by atoms with E-state index in [1.54, 1.807) is 36.4 Å². The Kier molecular flexibility index (Phi) is 7.67. The van der Waals surface area contributed by atoms with Crippen LogP contribution in [-0.2, 0) is 14.6 Å². The average molecular weight is 607 g/mol. The molecule has 2 atom stereocenters. The summed E-state index contributed by atoms with van der Waals surface area (Å²) in [4.78, 5) is 18.8. The lowest BCUT2D eigenvalue weighted by molar-refractivity contribution is 0.00556. The molecule has 0 spiro atoms. The minimum Gasteiger partial charge on any atom is -0.444 e. The van der Waals surface area contributed by atoms with Gasteiger partial charge in [-0.3, -0.25) is 0 Å². The zero-order chi connectivity index (χ0) is 31.4. The molecule has 1 saturated heterocycles. The smallest absolute Gasteiger partial charge is 0.410 e. The maximum atomic E-state index is 16.5. The Balaban J connectivity index is 1.70. The number of pyridine rings is 1. The Hall–Kier alpha value is -4.11. The third-order valence-corrected chi connectivity index (χ3v) is 9.00. The molecule has 4 aromatic rings. The van der Waals surface area contributed by atoms with Crippen molar-refractivity contribution in [2.45, 2.75) is 83.5 Å². The largest absolute Gasteiger partial charge is 0.444 e. The number of amides is 1. The van der Waals surface area contributed by atoms with Crippen LogP contribution in [0.2, 0.25) is 0 Å². The Bertz CT molecular complexity index is 1920. The first-order valence-electron chi connectivity index (χ1n) is 14.1. The maximum absolute atomic E-state index is 16.5. The molecule has 1 amide bonds. The third-order valence-electron chi connectivity index (χ3n) is 8.02. The zero-order valence-electron chi connectivity index (χ0n) is 25.4. The van der Waals surface area contributed by atoms with Crippen LogP contribution in [0, 0.1) is 37.9 Å². The number of piperidine rings is 1. The van der Waals surface area contributed by atoms with E-state index in [2.05, 4.69) is 21.4 Å². The summed E-state index contributed by atoms with van der Waals surface area (Å²) in [5, 5.41) is 18.2. The Labute approximate surface area is 250 Å². The number of fused-ring (bicyclic) bond motifs is 3. The summed E-state index contributed by atoms with van der Waals surface area (Å²) in [5.74, 6) is -0.620. The van der Waals surface area contributed by atoms with E-state index in [9.17, 15) is 18.5 Å². The van der Waals surface area contributed by atoms with Crippen LogP contribution in [0.1, 0.15) is 62.8 Å². The Morgan fingerprint density at radius 1 is 1.19 bits per heavy atom. The third kappa shape index (κ3) is 5.54. The Morgan fingerprint density at radius 2 is 1.91 bits per heavy atom. The summed E-state index contributed by atoms with van der Waals surface area (Å²) in [6.45, 7) is 11.3. The summed E-state index contributed by atoms with van der Waals surface area (Å²) in [5.41, 5.74) is 3.27. The van der Waals surface area contributed by atoms with E-state index in [0.29, 0.717) is 47.0 Å². The predicted octanol–water partition coefficient (Wildman–Crippen LogP) is 5.97. The first-order valence-corrected chi connectivity index (χ1v) is 16.0. The molecule has 1 fully saturated rings. The van der Waals surface area contributed by atoms with Crippen LogP contribution in [0.3, 0.4) is 0 Å². The summed E-state index contributed by atoms with van der Waals surface area (Å²) in [6, 6.07) is 8.81. The van der Waals surface area contributed by atoms with Gasteiger partial charge in [0.1, 0.15) is 16.6 Å². The number of carbonyl (C=O) groups is 1. The van der Waals surface area contributed by atoms with Gasteiger partial charge in [0.2, 0.25) is 0 Å². The highest BCUT2D eigenvalue weighted by Gasteiger charge is 2.37. The van der Waals surface area contributed by atoms with Crippen molar-refractivity contribution in [3.05, 3.63) is 46.8 Å². The molecule has 0 radical (unpaired) electrons. The molecule has 10 nitrogen and oxygen atoms in total. The van der Waals surface area contributed by atoms with Gasteiger partial charge in [-0.05, 0) is 82.7 Å². The number of nitriles is 1. The van der Waals surface area contributed by atoms with Crippen molar-refractivity contribution in [3.63, 3.8) is 0 Å². The minimum absolute atomic E-state index is 0.0553. The standard InChI is InChI=1S/C31H35FN6O4S/c1-17-9-8-10-22(19(17)3)24-18(2)15-23-26(25(24)32)34-29(43(7,40)41)27-28(23)38(36-35-27)21-12-14-37(20(16-21)11-13-33)30(39)42-31(4,5)6/h8-10,15,20-21H,11-12,14,16H2,1-7H3/t20-,21+/m1/s1. The van der Waals surface area contributed by atoms with E-state index in [4.69, 9.17) is 4.74 Å². The van der Waals surface area contributed by atoms with E-state index < -0.39 is 33.4 Å². The fourth-order valence-electron chi connectivity index (χ4n) is 5.88. The summed E-state index contributed by atoms with van der Waals surface area (Å²) in [7, 11) is -3.92. The van der Waals surface area contributed by atoms with Crippen molar-refractivity contribution >= 4 is 37.9 Å². The fraction of sp³-hybridized carbons (Fsp3) is 0.452. The molecule has 5 rings (SSSR count). The van der Waals surface area contributed by atoms with Crippen molar-refractivity contribution in [1.82, 2.24) is 24.9 Å². The molecule has 2 aromatic carbocycles. The number of aryl methyl sites for hydroxylation is 2. The lowest BCUT2D eigenvalue weighted by Gasteiger charge is -2.39. The lowest BCUT2D eigenvalue weighted by Crippen LogP contribution is -2.48. The second kappa shape index (κ2) is 10.9. The SMILES string of the molecule is Cc1cccc(-c2c(C)cc3c(nc(S(C)(=O)=O)c4nnn([C@H]5CCN(C(=O)OC(C)(C)C)[C@H](CC#N)C5)c43)c2F)c1C. The minimum atomic E-state index is -3.92. The number of rotatable bonds is 4. The quantitative estimate of drug-likeness (QED) is 0.278. The second-order valence-corrected chi connectivity index (χ2v) is 14.2. The number of hydrogen-bond donors (Lipinski definition) is 0. The number of sulfone groups is 1. The molecule has 3 heterocycles. The first kappa shape index (κ1) is 30.4. The van der Waals surface area contributed by atoms with E-state index in [-0.39, 0.29) is 28.5 Å². The van der Waals surface area contributed by atoms with Crippen LogP contribution in [0.15, 0.2) is 29.3 Å². The van der Waals surface area contributed by atoms with Gasteiger partial charge >= 0.3 is 6.09 Å². The number of ether oxygens (including phenoxy) is 1. The van der Waals surface area contributed by atoms with Crippen molar-refractivity contribution in [2.75, 3.05) is 12.8 Å². The number of likely N-dealkylation sites (tertiary alicyclic amines) is 1. The summed E-state index contributed by atoms with van der Waals surface area (Å²) < 4.78 is 49.6. The first-order chi connectivity index (χ1) is 20.1.